The number of carbonyl (C=O) groups is 1. The van der Waals surface area contributed by atoms with Gasteiger partial charge in [0.1, 0.15) is 18.0 Å². The molecule has 8 heteroatoms. The Bertz CT molecular complexity index is 548. The number of piperidine rings is 1. The number of amides is 1. The highest BCUT2D eigenvalue weighted by molar-refractivity contribution is 5.86. The van der Waals surface area contributed by atoms with Crippen molar-refractivity contribution in [3.8, 4) is 5.75 Å². The lowest BCUT2D eigenvalue weighted by molar-refractivity contribution is -0.160. The fourth-order valence-electron chi connectivity index (χ4n) is 3.61. The van der Waals surface area contributed by atoms with Crippen LogP contribution >= 0.6 is 24.8 Å². The van der Waals surface area contributed by atoms with Crippen LogP contribution in [0.4, 0.5) is 0 Å². The second kappa shape index (κ2) is 11.7. The summed E-state index contributed by atoms with van der Waals surface area (Å²) in [5.41, 5.74) is -0.621. The van der Waals surface area contributed by atoms with Crippen LogP contribution in [0.15, 0.2) is 30.3 Å². The highest BCUT2D eigenvalue weighted by atomic mass is 35.5. The number of halogens is 2. The molecular weight excluding hydrogens is 389 g/mol. The van der Waals surface area contributed by atoms with Gasteiger partial charge >= 0.3 is 0 Å². The van der Waals surface area contributed by atoms with Gasteiger partial charge in [0.25, 0.3) is 5.91 Å². The molecule has 0 radical (unpaired) electrons. The number of nitrogens with one attached hydrogen (secondary N) is 1. The highest BCUT2D eigenvalue weighted by Gasteiger charge is 2.42. The molecule has 2 saturated heterocycles. The molecule has 154 valence electrons. The van der Waals surface area contributed by atoms with E-state index in [1.165, 1.54) is 0 Å². The molecule has 0 bridgehead atoms. The maximum absolute atomic E-state index is 12.9. The van der Waals surface area contributed by atoms with Crippen molar-refractivity contribution in [3.63, 3.8) is 0 Å². The molecule has 0 unspecified atom stereocenters. The summed E-state index contributed by atoms with van der Waals surface area (Å²) in [7, 11) is 1.67. The van der Waals surface area contributed by atoms with Crippen LogP contribution in [0.25, 0.3) is 0 Å². The zero-order chi connectivity index (χ0) is 17.5. The van der Waals surface area contributed by atoms with Gasteiger partial charge in [0.2, 0.25) is 0 Å². The Morgan fingerprint density at radius 3 is 2.30 bits per heavy atom. The van der Waals surface area contributed by atoms with Crippen LogP contribution in [0.5, 0.6) is 5.75 Å². The number of rotatable bonds is 6. The minimum absolute atomic E-state index is 0. The molecule has 1 amide bonds. The summed E-state index contributed by atoms with van der Waals surface area (Å²) in [6.45, 7) is 6.56. The first-order chi connectivity index (χ1) is 12.2. The predicted octanol–water partition coefficient (Wildman–Crippen LogP) is 1.82. The summed E-state index contributed by atoms with van der Waals surface area (Å²) >= 11 is 0. The number of benzene rings is 1. The topological polar surface area (TPSA) is 54.0 Å². The van der Waals surface area contributed by atoms with Crippen molar-refractivity contribution in [2.24, 2.45) is 0 Å². The smallest absolute Gasteiger partial charge is 0.254 e. The Hall–Kier alpha value is -1.05. The molecule has 3 rings (SSSR count). The van der Waals surface area contributed by atoms with E-state index in [0.717, 1.165) is 64.4 Å². The third-order valence-electron chi connectivity index (χ3n) is 5.27. The fraction of sp³-hybridized carbons (Fsp3) is 0.632. The van der Waals surface area contributed by atoms with Crippen molar-refractivity contribution < 1.29 is 14.3 Å². The third-order valence-corrected chi connectivity index (χ3v) is 5.27. The van der Waals surface area contributed by atoms with Crippen molar-refractivity contribution in [1.29, 1.82) is 0 Å². The molecule has 27 heavy (non-hydrogen) atoms. The molecule has 0 aromatic heterocycles. The number of hydrogen-bond acceptors (Lipinski definition) is 5. The average molecular weight is 420 g/mol. The van der Waals surface area contributed by atoms with Gasteiger partial charge in [-0.15, -0.1) is 24.8 Å². The SMILES string of the molecule is COC1(C(=O)N2CCN(CCOc3ccccc3)CC2)CCNCC1.Cl.Cl. The van der Waals surface area contributed by atoms with E-state index in [2.05, 4.69) is 10.2 Å². The number of methoxy groups -OCH3 is 1. The lowest BCUT2D eigenvalue weighted by Gasteiger charge is -2.42. The molecule has 6 nitrogen and oxygen atoms in total. The minimum atomic E-state index is -0.621. The molecule has 2 aliphatic heterocycles. The summed E-state index contributed by atoms with van der Waals surface area (Å²) in [6.07, 6.45) is 1.51. The quantitative estimate of drug-likeness (QED) is 0.761. The van der Waals surface area contributed by atoms with Crippen molar-refractivity contribution in [2.75, 3.05) is 59.5 Å². The maximum Gasteiger partial charge on any atom is 0.254 e. The summed E-state index contributed by atoms with van der Waals surface area (Å²) in [5, 5.41) is 3.30. The number of ether oxygens (including phenoxy) is 2. The van der Waals surface area contributed by atoms with E-state index in [0.29, 0.717) is 6.61 Å². The Labute approximate surface area is 174 Å². The van der Waals surface area contributed by atoms with Gasteiger partial charge in [0.05, 0.1) is 0 Å². The molecule has 2 heterocycles. The molecule has 1 aromatic rings. The number of carbonyl (C=O) groups excluding carboxylic acids is 1. The highest BCUT2D eigenvalue weighted by Crippen LogP contribution is 2.25. The Morgan fingerprint density at radius 1 is 1.07 bits per heavy atom. The first-order valence-electron chi connectivity index (χ1n) is 9.19. The lowest BCUT2D eigenvalue weighted by atomic mass is 9.90. The molecule has 0 aliphatic carbocycles. The van der Waals surface area contributed by atoms with Gasteiger partial charge in [-0.2, -0.15) is 0 Å². The van der Waals surface area contributed by atoms with Gasteiger partial charge < -0.3 is 19.7 Å². The zero-order valence-corrected chi connectivity index (χ0v) is 17.5. The van der Waals surface area contributed by atoms with E-state index < -0.39 is 5.60 Å². The van der Waals surface area contributed by atoms with Crippen LogP contribution < -0.4 is 10.1 Å². The Balaban J connectivity index is 0.00000182. The Kier molecular flexibility index (Phi) is 10.4. The standard InChI is InChI=1S/C19H29N3O3.2ClH/c1-24-19(7-9-20-10-8-19)18(23)22-13-11-21(12-14-22)15-16-25-17-5-3-2-4-6-17;;/h2-6,20H,7-16H2,1H3;2*1H. The molecular formula is C19H31Cl2N3O3. The fourth-order valence-corrected chi connectivity index (χ4v) is 3.61. The van der Waals surface area contributed by atoms with Crippen molar-refractivity contribution in [1.82, 2.24) is 15.1 Å². The van der Waals surface area contributed by atoms with Crippen LogP contribution in [-0.2, 0) is 9.53 Å². The zero-order valence-electron chi connectivity index (χ0n) is 15.9. The first kappa shape index (κ1) is 24.0. The molecule has 1 aromatic carbocycles. The molecule has 0 saturated carbocycles. The maximum atomic E-state index is 12.9. The summed E-state index contributed by atoms with van der Waals surface area (Å²) in [5.74, 6) is 1.07. The van der Waals surface area contributed by atoms with Gasteiger partial charge in [0, 0.05) is 39.8 Å². The predicted molar refractivity (Wildman–Crippen MR) is 111 cm³/mol. The molecule has 0 spiro atoms. The summed E-state index contributed by atoms with van der Waals surface area (Å²) in [4.78, 5) is 17.3. The van der Waals surface area contributed by atoms with Crippen LogP contribution in [0.2, 0.25) is 0 Å². The monoisotopic (exact) mass is 419 g/mol. The second-order valence-corrected chi connectivity index (χ2v) is 6.74. The molecule has 2 aliphatic rings. The van der Waals surface area contributed by atoms with Crippen LogP contribution in [0.1, 0.15) is 12.8 Å². The van der Waals surface area contributed by atoms with Crippen LogP contribution in [0, 0.1) is 0 Å². The average Bonchev–Trinajstić information content (AvgIpc) is 2.69. The Morgan fingerprint density at radius 2 is 1.70 bits per heavy atom. The normalized spacial score (nSPS) is 19.5. The molecule has 0 atom stereocenters. The third kappa shape index (κ3) is 6.22. The number of para-hydroxylation sites is 1. The number of nitrogens with zero attached hydrogens (tertiary/aromatic N) is 2. The molecule has 1 N–H and O–H groups in total. The summed E-state index contributed by atoms with van der Waals surface area (Å²) in [6, 6.07) is 9.89. The van der Waals surface area contributed by atoms with Crippen LogP contribution in [-0.4, -0.2) is 80.8 Å². The van der Waals surface area contributed by atoms with Crippen molar-refractivity contribution in [2.45, 2.75) is 18.4 Å². The number of piperazine rings is 1. The van der Waals surface area contributed by atoms with Crippen LogP contribution in [0.3, 0.4) is 0 Å². The molecule has 2 fully saturated rings. The van der Waals surface area contributed by atoms with E-state index in [-0.39, 0.29) is 30.7 Å². The van der Waals surface area contributed by atoms with E-state index in [4.69, 9.17) is 9.47 Å². The van der Waals surface area contributed by atoms with Gasteiger partial charge in [-0.3, -0.25) is 9.69 Å². The van der Waals surface area contributed by atoms with E-state index in [1.807, 2.05) is 35.2 Å². The first-order valence-corrected chi connectivity index (χ1v) is 9.19. The van der Waals surface area contributed by atoms with Gasteiger partial charge in [0.15, 0.2) is 0 Å². The van der Waals surface area contributed by atoms with E-state index in [1.54, 1.807) is 7.11 Å². The largest absolute Gasteiger partial charge is 0.492 e. The van der Waals surface area contributed by atoms with Gasteiger partial charge in [-0.05, 0) is 38.1 Å². The number of hydrogen-bond donors (Lipinski definition) is 1. The van der Waals surface area contributed by atoms with Crippen molar-refractivity contribution >= 4 is 30.7 Å². The lowest BCUT2D eigenvalue weighted by Crippen LogP contribution is -2.59. The van der Waals surface area contributed by atoms with E-state index in [9.17, 15) is 4.79 Å². The summed E-state index contributed by atoms with van der Waals surface area (Å²) < 4.78 is 11.4. The van der Waals surface area contributed by atoms with E-state index >= 15 is 0 Å². The van der Waals surface area contributed by atoms with Crippen molar-refractivity contribution in [3.05, 3.63) is 30.3 Å². The minimum Gasteiger partial charge on any atom is -0.492 e. The van der Waals surface area contributed by atoms with Gasteiger partial charge in [-0.1, -0.05) is 18.2 Å². The van der Waals surface area contributed by atoms with Gasteiger partial charge in [-0.25, -0.2) is 0 Å². The second-order valence-electron chi connectivity index (χ2n) is 6.74.